The molecule has 2 nitrogen and oxygen atoms in total. The summed E-state index contributed by atoms with van der Waals surface area (Å²) in [4.78, 5) is 10.8. The molecule has 0 saturated carbocycles. The van der Waals surface area contributed by atoms with E-state index < -0.39 is 0 Å². The number of amides is 1. The monoisotopic (exact) mass is 114 g/mol. The largest absolute Gasteiger partial charge is 0.356 e. The van der Waals surface area contributed by atoms with Crippen LogP contribution in [0.15, 0.2) is 0 Å². The molecule has 1 aliphatic heterocycles. The van der Waals surface area contributed by atoms with Crippen LogP contribution in [0.2, 0.25) is 1.41 Å². The average Bonchev–Trinajstić information content (AvgIpc) is 1.99. The van der Waals surface area contributed by atoms with Gasteiger partial charge in [-0.2, -0.15) is 0 Å². The summed E-state index contributed by atoms with van der Waals surface area (Å²) in [5.74, 6) is -0.0208. The lowest BCUT2D eigenvalue weighted by molar-refractivity contribution is -0.120. The summed E-state index contributed by atoms with van der Waals surface area (Å²) in [6.45, 7) is 0.624. The van der Waals surface area contributed by atoms with E-state index in [2.05, 4.69) is 0 Å². The molecule has 2 heteroatoms. The number of nitrogens with one attached hydrogen (secondary N) is 1. The molecule has 0 atom stereocenters. The van der Waals surface area contributed by atoms with E-state index in [9.17, 15) is 4.79 Å². The van der Waals surface area contributed by atoms with Gasteiger partial charge < -0.3 is 5.31 Å². The van der Waals surface area contributed by atoms with Gasteiger partial charge in [-0.1, -0.05) is 6.42 Å². The van der Waals surface area contributed by atoms with Gasteiger partial charge in [-0.25, -0.2) is 0 Å². The highest BCUT2D eigenvalue weighted by atomic mass is 16.1. The van der Waals surface area contributed by atoms with Gasteiger partial charge in [0.25, 0.3) is 0 Å². The van der Waals surface area contributed by atoms with E-state index in [0.29, 0.717) is 13.0 Å². The van der Waals surface area contributed by atoms with Crippen LogP contribution < -0.4 is 5.31 Å². The maximum atomic E-state index is 10.8. The summed E-state index contributed by atoms with van der Waals surface area (Å²) in [7, 11) is 0. The van der Waals surface area contributed by atoms with Gasteiger partial charge >= 0.3 is 0 Å². The SMILES string of the molecule is [2H]N1CCCCCC1=O. The highest BCUT2D eigenvalue weighted by Crippen LogP contribution is 2.02. The van der Waals surface area contributed by atoms with Crippen molar-refractivity contribution in [2.75, 3.05) is 6.54 Å². The van der Waals surface area contributed by atoms with Crippen LogP contribution >= 0.6 is 0 Å². The standard InChI is InChI=1S/C6H11NO/c8-6-4-2-1-3-5-7-6/h1-5H2,(H,7,8)/i/hD. The minimum absolute atomic E-state index is 0.0208. The van der Waals surface area contributed by atoms with E-state index in [-0.39, 0.29) is 5.91 Å². The van der Waals surface area contributed by atoms with Gasteiger partial charge in [0.1, 0.15) is 0 Å². The van der Waals surface area contributed by atoms with Crippen molar-refractivity contribution in [3.05, 3.63) is 0 Å². The second kappa shape index (κ2) is 2.70. The molecule has 1 fully saturated rings. The summed E-state index contributed by atoms with van der Waals surface area (Å²) >= 11 is 0. The van der Waals surface area contributed by atoms with E-state index in [1.807, 2.05) is 0 Å². The molecule has 0 unspecified atom stereocenters. The van der Waals surface area contributed by atoms with Crippen molar-refractivity contribution in [3.63, 3.8) is 0 Å². The molecule has 1 saturated heterocycles. The molecule has 1 N–H and O–H groups in total. The van der Waals surface area contributed by atoms with Crippen LogP contribution in [0.25, 0.3) is 0 Å². The predicted molar refractivity (Wildman–Crippen MR) is 31.5 cm³/mol. The molecular weight excluding hydrogens is 102 g/mol. The van der Waals surface area contributed by atoms with Gasteiger partial charge in [-0.15, -0.1) is 0 Å². The summed E-state index contributed by atoms with van der Waals surface area (Å²) < 4.78 is 7.10. The molecule has 46 valence electrons. The molecule has 8 heavy (non-hydrogen) atoms. The van der Waals surface area contributed by atoms with E-state index in [1.165, 1.54) is 0 Å². The van der Waals surface area contributed by atoms with Crippen LogP contribution in [0.1, 0.15) is 25.7 Å². The normalized spacial score (nSPS) is 24.8. The topological polar surface area (TPSA) is 29.1 Å². The third-order valence-electron chi connectivity index (χ3n) is 1.34. The van der Waals surface area contributed by atoms with Crippen molar-refractivity contribution < 1.29 is 6.21 Å². The Morgan fingerprint density at radius 2 is 2.38 bits per heavy atom. The first-order chi connectivity index (χ1) is 4.30. The molecule has 0 aromatic carbocycles. The second-order valence-electron chi connectivity index (χ2n) is 2.09. The smallest absolute Gasteiger partial charge is 0.219 e. The van der Waals surface area contributed by atoms with Crippen LogP contribution in [0.4, 0.5) is 0 Å². The quantitative estimate of drug-likeness (QED) is 0.493. The third-order valence-corrected chi connectivity index (χ3v) is 1.34. The third kappa shape index (κ3) is 1.52. The highest BCUT2D eigenvalue weighted by Gasteiger charge is 2.03. The van der Waals surface area contributed by atoms with Gasteiger partial charge in [0.2, 0.25) is 5.91 Å². The molecule has 0 aromatic heterocycles. The molecule has 1 rings (SSSR count). The van der Waals surface area contributed by atoms with E-state index >= 15 is 0 Å². The minimum Gasteiger partial charge on any atom is -0.356 e. The zero-order chi connectivity index (χ0) is 6.69. The Bertz CT molecular complexity index is 116. The first-order valence-electron chi connectivity index (χ1n) is 3.54. The van der Waals surface area contributed by atoms with Gasteiger partial charge in [0, 0.05) is 13.0 Å². The van der Waals surface area contributed by atoms with Crippen LogP contribution in [0, 0.1) is 0 Å². The van der Waals surface area contributed by atoms with Crippen LogP contribution in [0.5, 0.6) is 0 Å². The number of carbonyl (C=O) groups excluding carboxylic acids is 1. The first-order valence-corrected chi connectivity index (χ1v) is 3.10. The number of hydrogen-bond donors (Lipinski definition) is 1. The summed E-state index contributed by atoms with van der Waals surface area (Å²) in [5, 5.41) is 1.08. The Balaban J connectivity index is 2.41. The maximum absolute atomic E-state index is 10.8. The molecule has 0 radical (unpaired) electrons. The lowest BCUT2D eigenvalue weighted by Crippen LogP contribution is -2.21. The van der Waals surface area contributed by atoms with Crippen molar-refractivity contribution in [3.8, 4) is 0 Å². The number of carbonyl (C=O) groups is 1. The molecule has 0 bridgehead atoms. The number of rotatable bonds is 0. The Kier molecular flexibility index (Phi) is 1.47. The van der Waals surface area contributed by atoms with Crippen LogP contribution in [-0.2, 0) is 4.79 Å². The average molecular weight is 114 g/mol. The van der Waals surface area contributed by atoms with Crippen LogP contribution in [0.3, 0.4) is 0 Å². The first kappa shape index (κ1) is 4.36. The maximum Gasteiger partial charge on any atom is 0.219 e. The molecule has 0 spiro atoms. The van der Waals surface area contributed by atoms with Crippen molar-refractivity contribution in [1.29, 1.82) is 0 Å². The molecule has 1 aliphatic rings. The van der Waals surface area contributed by atoms with E-state index in [0.717, 1.165) is 24.6 Å². The van der Waals surface area contributed by atoms with Crippen molar-refractivity contribution in [1.82, 2.24) is 5.31 Å². The lowest BCUT2D eigenvalue weighted by atomic mass is 10.2. The fourth-order valence-corrected chi connectivity index (χ4v) is 0.848. The molecule has 0 aliphatic carbocycles. The zero-order valence-corrected chi connectivity index (χ0v) is 4.89. The zero-order valence-electron chi connectivity index (χ0n) is 5.89. The Hall–Kier alpha value is -0.530. The van der Waals surface area contributed by atoms with Gasteiger partial charge in [0.05, 0.1) is 0 Å². The van der Waals surface area contributed by atoms with E-state index in [1.54, 1.807) is 0 Å². The summed E-state index contributed by atoms with van der Waals surface area (Å²) in [6.07, 6.45) is 3.63. The van der Waals surface area contributed by atoms with Crippen molar-refractivity contribution in [2.24, 2.45) is 0 Å². The van der Waals surface area contributed by atoms with Gasteiger partial charge in [0.15, 0.2) is 1.41 Å². The Morgan fingerprint density at radius 3 is 3.25 bits per heavy atom. The molecule has 1 amide bonds. The van der Waals surface area contributed by atoms with Crippen LogP contribution in [-0.4, -0.2) is 12.5 Å². The second-order valence-corrected chi connectivity index (χ2v) is 2.09. The minimum atomic E-state index is -0.0208. The van der Waals surface area contributed by atoms with Crippen molar-refractivity contribution >= 4 is 5.91 Å². The Labute approximate surface area is 50.7 Å². The number of hydrogen-bond acceptors (Lipinski definition) is 1. The molecule has 0 aromatic rings. The fourth-order valence-electron chi connectivity index (χ4n) is 0.848. The highest BCUT2D eigenvalue weighted by molar-refractivity contribution is 5.75. The molecular formula is C6H11NO. The fraction of sp³-hybridized carbons (Fsp3) is 0.833. The van der Waals surface area contributed by atoms with E-state index in [4.69, 9.17) is 1.41 Å². The van der Waals surface area contributed by atoms with Crippen molar-refractivity contribution in [2.45, 2.75) is 25.7 Å². The predicted octanol–water partition coefficient (Wildman–Crippen LogP) is 0.677. The lowest BCUT2D eigenvalue weighted by Gasteiger charge is -1.93. The van der Waals surface area contributed by atoms with Gasteiger partial charge in [-0.3, -0.25) is 4.79 Å². The summed E-state index contributed by atoms with van der Waals surface area (Å²) in [6, 6.07) is 0. The Morgan fingerprint density at radius 1 is 1.50 bits per heavy atom. The van der Waals surface area contributed by atoms with Gasteiger partial charge in [-0.05, 0) is 12.8 Å². The summed E-state index contributed by atoms with van der Waals surface area (Å²) in [5.41, 5.74) is 0. The molecule has 1 heterocycles.